The molecule has 0 spiro atoms. The first-order valence-electron chi connectivity index (χ1n) is 8.76. The van der Waals surface area contributed by atoms with Crippen molar-refractivity contribution in [1.82, 2.24) is 0 Å². The van der Waals surface area contributed by atoms with Crippen LogP contribution in [-0.2, 0) is 21.6 Å². The van der Waals surface area contributed by atoms with E-state index in [9.17, 15) is 9.32 Å². The van der Waals surface area contributed by atoms with E-state index in [4.69, 9.17) is 0 Å². The minimum atomic E-state index is -1.19. The molecular weight excluding hydrogens is 328 g/mol. The Morgan fingerprint density at radius 3 is 1.72 bits per heavy atom. The topological polar surface area (TPSA) is 37.3 Å². The summed E-state index contributed by atoms with van der Waals surface area (Å²) in [5, 5.41) is 10.7. The molecule has 3 heteroatoms. The largest absolute Gasteiger partial charge is 0.507 e. The van der Waals surface area contributed by atoms with E-state index in [-0.39, 0.29) is 16.1 Å². The lowest BCUT2D eigenvalue weighted by Gasteiger charge is -2.28. The zero-order valence-electron chi connectivity index (χ0n) is 16.4. The predicted octanol–water partition coefficient (Wildman–Crippen LogP) is 5.86. The van der Waals surface area contributed by atoms with Gasteiger partial charge in [-0.1, -0.05) is 71.9 Å². The summed E-state index contributed by atoms with van der Waals surface area (Å²) in [6, 6.07) is 13.8. The molecule has 2 aromatic rings. The molecule has 0 bridgehead atoms. The second-order valence-corrected chi connectivity index (χ2v) is 10.5. The third-order valence-electron chi connectivity index (χ3n) is 4.52. The van der Waals surface area contributed by atoms with Crippen molar-refractivity contribution < 1.29 is 9.32 Å². The van der Waals surface area contributed by atoms with E-state index in [1.54, 1.807) is 0 Å². The van der Waals surface area contributed by atoms with Gasteiger partial charge in [-0.25, -0.2) is 0 Å². The molecule has 25 heavy (non-hydrogen) atoms. The van der Waals surface area contributed by atoms with E-state index in [2.05, 4.69) is 41.5 Å². The van der Waals surface area contributed by atoms with Crippen molar-refractivity contribution in [2.45, 2.75) is 69.4 Å². The molecule has 0 aliphatic carbocycles. The summed E-state index contributed by atoms with van der Waals surface area (Å²) in [6.07, 6.45) is 0. The molecule has 2 rings (SSSR count). The highest BCUT2D eigenvalue weighted by Crippen LogP contribution is 2.41. The van der Waals surface area contributed by atoms with Crippen LogP contribution in [0.1, 0.15) is 70.4 Å². The molecular formula is C22H30O2S. The first kappa shape index (κ1) is 19.7. The molecule has 0 saturated carbocycles. The molecule has 2 unspecified atom stereocenters. The monoisotopic (exact) mass is 358 g/mol. The molecule has 0 aromatic heterocycles. The van der Waals surface area contributed by atoms with Crippen LogP contribution in [0.15, 0.2) is 47.4 Å². The summed E-state index contributed by atoms with van der Waals surface area (Å²) in [5.41, 5.74) is 2.32. The van der Waals surface area contributed by atoms with Crippen molar-refractivity contribution in [3.63, 3.8) is 0 Å². The lowest BCUT2D eigenvalue weighted by molar-refractivity contribution is 0.422. The Kier molecular flexibility index (Phi) is 5.48. The molecule has 0 aliphatic rings. The molecule has 1 N–H and O–H groups in total. The van der Waals surface area contributed by atoms with Gasteiger partial charge in [-0.15, -0.1) is 0 Å². The maximum Gasteiger partial charge on any atom is 0.123 e. The molecule has 0 saturated heterocycles. The van der Waals surface area contributed by atoms with Gasteiger partial charge in [-0.3, -0.25) is 4.21 Å². The van der Waals surface area contributed by atoms with E-state index in [1.165, 1.54) is 0 Å². The Hall–Kier alpha value is -1.61. The maximum absolute atomic E-state index is 13.2. The lowest BCUT2D eigenvalue weighted by atomic mass is 9.79. The predicted molar refractivity (Wildman–Crippen MR) is 107 cm³/mol. The van der Waals surface area contributed by atoms with Crippen LogP contribution < -0.4 is 0 Å². The third kappa shape index (κ3) is 4.33. The van der Waals surface area contributed by atoms with E-state index in [0.717, 1.165) is 21.6 Å². The number of hydrogen-bond acceptors (Lipinski definition) is 2. The van der Waals surface area contributed by atoms with Gasteiger partial charge in [0.25, 0.3) is 0 Å². The van der Waals surface area contributed by atoms with Gasteiger partial charge in [0, 0.05) is 16.0 Å². The Morgan fingerprint density at radius 2 is 1.32 bits per heavy atom. The molecule has 2 nitrogen and oxygen atoms in total. The Balaban J connectivity index is 2.59. The summed E-state index contributed by atoms with van der Waals surface area (Å²) in [7, 11) is -1.19. The van der Waals surface area contributed by atoms with Gasteiger partial charge in [0.15, 0.2) is 0 Å². The zero-order chi connectivity index (χ0) is 19.0. The quantitative estimate of drug-likeness (QED) is 0.746. The van der Waals surface area contributed by atoms with Gasteiger partial charge in [0.1, 0.15) is 5.75 Å². The van der Waals surface area contributed by atoms with Gasteiger partial charge >= 0.3 is 0 Å². The molecule has 0 heterocycles. The van der Waals surface area contributed by atoms with E-state index in [1.807, 2.05) is 49.4 Å². The zero-order valence-corrected chi connectivity index (χ0v) is 17.2. The lowest BCUT2D eigenvalue weighted by Crippen LogP contribution is -2.18. The Morgan fingerprint density at radius 1 is 0.880 bits per heavy atom. The Labute approximate surface area is 154 Å². The molecule has 136 valence electrons. The van der Waals surface area contributed by atoms with E-state index < -0.39 is 10.8 Å². The molecule has 2 aromatic carbocycles. The number of phenols is 1. The van der Waals surface area contributed by atoms with Crippen molar-refractivity contribution in [3.8, 4) is 5.75 Å². The number of aromatic hydroxyl groups is 1. The van der Waals surface area contributed by atoms with Crippen LogP contribution in [0.4, 0.5) is 0 Å². The van der Waals surface area contributed by atoms with Crippen LogP contribution in [0.2, 0.25) is 0 Å². The normalized spacial score (nSPS) is 15.0. The van der Waals surface area contributed by atoms with Gasteiger partial charge < -0.3 is 5.11 Å². The van der Waals surface area contributed by atoms with Gasteiger partial charge in [-0.2, -0.15) is 0 Å². The maximum atomic E-state index is 13.2. The van der Waals surface area contributed by atoms with E-state index in [0.29, 0.717) is 5.75 Å². The molecule has 0 fully saturated rings. The second-order valence-electron chi connectivity index (χ2n) is 8.72. The first-order valence-corrected chi connectivity index (χ1v) is 9.97. The van der Waals surface area contributed by atoms with Crippen molar-refractivity contribution >= 4 is 10.8 Å². The van der Waals surface area contributed by atoms with Crippen LogP contribution in [-0.4, -0.2) is 9.32 Å². The standard InChI is InChI=1S/C22H30O2S/c1-15(16-11-9-8-10-12-16)25(24)17-13-18(21(2,3)4)20(23)19(14-17)22(5,6)7/h8-15,23H,1-7H3. The van der Waals surface area contributed by atoms with Crippen LogP contribution in [0.3, 0.4) is 0 Å². The van der Waals surface area contributed by atoms with Crippen molar-refractivity contribution in [1.29, 1.82) is 0 Å². The summed E-state index contributed by atoms with van der Waals surface area (Å²) in [6.45, 7) is 14.4. The number of phenolic OH excluding ortho intramolecular Hbond substituents is 1. The Bertz CT molecular complexity index is 730. The highest BCUT2D eigenvalue weighted by atomic mass is 32.2. The number of rotatable bonds is 3. The van der Waals surface area contributed by atoms with Crippen LogP contribution in [0, 0.1) is 0 Å². The highest BCUT2D eigenvalue weighted by molar-refractivity contribution is 7.85. The average Bonchev–Trinajstić information content (AvgIpc) is 2.52. The summed E-state index contributed by atoms with van der Waals surface area (Å²) in [5.74, 6) is 0.327. The average molecular weight is 359 g/mol. The molecule has 2 atom stereocenters. The van der Waals surface area contributed by atoms with Crippen molar-refractivity contribution in [2.75, 3.05) is 0 Å². The van der Waals surface area contributed by atoms with Gasteiger partial charge in [-0.05, 0) is 35.4 Å². The first-order chi connectivity index (χ1) is 11.4. The summed E-state index contributed by atoms with van der Waals surface area (Å²) < 4.78 is 13.2. The summed E-state index contributed by atoms with van der Waals surface area (Å²) >= 11 is 0. The second kappa shape index (κ2) is 6.95. The fourth-order valence-electron chi connectivity index (χ4n) is 2.92. The smallest absolute Gasteiger partial charge is 0.123 e. The number of benzene rings is 2. The minimum absolute atomic E-state index is 0.105. The van der Waals surface area contributed by atoms with Gasteiger partial charge in [0.2, 0.25) is 0 Å². The van der Waals surface area contributed by atoms with Crippen LogP contribution in [0.5, 0.6) is 5.75 Å². The van der Waals surface area contributed by atoms with Crippen molar-refractivity contribution in [2.24, 2.45) is 0 Å². The summed E-state index contributed by atoms with van der Waals surface area (Å²) in [4.78, 5) is 0.781. The fraction of sp³-hybridized carbons (Fsp3) is 0.455. The van der Waals surface area contributed by atoms with Crippen LogP contribution >= 0.6 is 0 Å². The minimum Gasteiger partial charge on any atom is -0.507 e. The van der Waals surface area contributed by atoms with E-state index >= 15 is 0 Å². The molecule has 0 aliphatic heterocycles. The fourth-order valence-corrected chi connectivity index (χ4v) is 4.20. The highest BCUT2D eigenvalue weighted by Gasteiger charge is 2.28. The van der Waals surface area contributed by atoms with Gasteiger partial charge in [0.05, 0.1) is 16.0 Å². The third-order valence-corrected chi connectivity index (χ3v) is 6.14. The number of hydrogen-bond donors (Lipinski definition) is 1. The SMILES string of the molecule is CC(c1ccccc1)S(=O)c1cc(C(C)(C)C)c(O)c(C(C)(C)C)c1. The molecule has 0 radical (unpaired) electrons. The van der Waals surface area contributed by atoms with Crippen LogP contribution in [0.25, 0.3) is 0 Å². The molecule has 0 amide bonds. The van der Waals surface area contributed by atoms with Crippen molar-refractivity contribution in [3.05, 3.63) is 59.2 Å².